The lowest BCUT2D eigenvalue weighted by Gasteiger charge is -2.60. The molecule has 4 rings (SSSR count). The van der Waals surface area contributed by atoms with Gasteiger partial charge in [-0.2, -0.15) is 0 Å². The second-order valence-corrected chi connectivity index (χ2v) is 8.33. The molecule has 1 aromatic rings. The van der Waals surface area contributed by atoms with E-state index in [0.717, 1.165) is 0 Å². The first-order valence-electron chi connectivity index (χ1n) is 10.0. The molecule has 0 radical (unpaired) electrons. The summed E-state index contributed by atoms with van der Waals surface area (Å²) in [6.07, 6.45) is 3.70. The van der Waals surface area contributed by atoms with Gasteiger partial charge in [0.2, 0.25) is 11.8 Å². The number of hydrogen-bond donors (Lipinski definition) is 2. The molecule has 0 saturated carbocycles. The lowest BCUT2D eigenvalue weighted by molar-refractivity contribution is -0.154. The molecule has 0 aliphatic carbocycles. The van der Waals surface area contributed by atoms with Crippen molar-refractivity contribution in [2.45, 2.75) is 37.5 Å². The largest absolute Gasteiger partial charge is 0.392 e. The molecule has 0 aromatic carbocycles. The number of pyridine rings is 1. The van der Waals surface area contributed by atoms with Crippen molar-refractivity contribution in [3.63, 3.8) is 0 Å². The minimum Gasteiger partial charge on any atom is -0.392 e. The summed E-state index contributed by atoms with van der Waals surface area (Å²) < 4.78 is 0. The summed E-state index contributed by atoms with van der Waals surface area (Å²) in [7, 11) is 0. The van der Waals surface area contributed by atoms with Crippen LogP contribution in [0.1, 0.15) is 30.1 Å². The van der Waals surface area contributed by atoms with Crippen molar-refractivity contribution in [2.24, 2.45) is 0 Å². The van der Waals surface area contributed by atoms with Crippen molar-refractivity contribution < 1.29 is 19.5 Å². The van der Waals surface area contributed by atoms with E-state index in [2.05, 4.69) is 15.2 Å². The van der Waals surface area contributed by atoms with Crippen LogP contribution in [-0.2, 0) is 9.59 Å². The topological polar surface area (TPSA) is 106 Å². The van der Waals surface area contributed by atoms with Crippen molar-refractivity contribution >= 4 is 17.7 Å². The monoisotopic (exact) mass is 401 g/mol. The molecular formula is C20H27N5O4. The molecule has 2 atom stereocenters. The van der Waals surface area contributed by atoms with E-state index < -0.39 is 6.10 Å². The minimum atomic E-state index is -0.408. The fourth-order valence-electron chi connectivity index (χ4n) is 4.86. The van der Waals surface area contributed by atoms with Crippen LogP contribution in [0, 0.1) is 0 Å². The van der Waals surface area contributed by atoms with Crippen LogP contribution in [0.15, 0.2) is 24.5 Å². The number of aromatic nitrogens is 1. The number of nitrogens with zero attached hydrogens (tertiary/aromatic N) is 4. The Balaban J connectivity index is 1.45. The summed E-state index contributed by atoms with van der Waals surface area (Å²) in [5, 5.41) is 12.9. The van der Waals surface area contributed by atoms with Crippen molar-refractivity contribution in [1.82, 2.24) is 25.0 Å². The van der Waals surface area contributed by atoms with Gasteiger partial charge in [-0.3, -0.25) is 24.3 Å². The molecular weight excluding hydrogens is 374 g/mol. The van der Waals surface area contributed by atoms with Gasteiger partial charge in [0.1, 0.15) is 0 Å². The summed E-state index contributed by atoms with van der Waals surface area (Å²) in [5.74, 6) is -0.214. The Labute approximate surface area is 169 Å². The SMILES string of the molecule is CC(=O)NCCC(=O)N1CC2(C1)CN(C(=O)c1cccnc1)C[C@@H]1C[C@@H](O)CN12. The molecule has 1 aromatic heterocycles. The van der Waals surface area contributed by atoms with Crippen LogP contribution in [0.4, 0.5) is 0 Å². The number of fused-ring (bicyclic) bond motifs is 2. The molecule has 29 heavy (non-hydrogen) atoms. The number of nitrogens with one attached hydrogen (secondary N) is 1. The third kappa shape index (κ3) is 3.84. The first kappa shape index (κ1) is 19.8. The number of likely N-dealkylation sites (tertiary alicyclic amines) is 1. The number of aliphatic hydroxyl groups is 1. The van der Waals surface area contributed by atoms with Crippen LogP contribution < -0.4 is 5.32 Å². The summed E-state index contributed by atoms with van der Waals surface area (Å²) in [6, 6.07) is 3.60. The highest BCUT2D eigenvalue weighted by molar-refractivity contribution is 5.94. The molecule has 2 N–H and O–H groups in total. The second kappa shape index (κ2) is 7.72. The molecule has 1 spiro atoms. The van der Waals surface area contributed by atoms with Crippen LogP contribution in [0.3, 0.4) is 0 Å². The first-order chi connectivity index (χ1) is 13.9. The van der Waals surface area contributed by atoms with Gasteiger partial charge in [0.25, 0.3) is 5.91 Å². The van der Waals surface area contributed by atoms with E-state index in [1.54, 1.807) is 29.4 Å². The molecule has 3 aliphatic rings. The number of β-amino-alcohol motifs (C(OH)–C–C–N with tert-alkyl or cyclic N) is 1. The van der Waals surface area contributed by atoms with E-state index in [0.29, 0.717) is 51.3 Å². The van der Waals surface area contributed by atoms with E-state index in [-0.39, 0.29) is 35.7 Å². The van der Waals surface area contributed by atoms with Crippen LogP contribution in [-0.4, -0.2) is 99.5 Å². The lowest BCUT2D eigenvalue weighted by Crippen LogP contribution is -2.79. The standard InChI is InChI=1S/C20H27N5O4/c1-14(26)22-6-4-18(28)24-12-20(13-24)11-23(9-16-7-17(27)10-25(16)20)19(29)15-3-2-5-21-8-15/h2-3,5,8,16-17,27H,4,6-7,9-13H2,1H3,(H,22,26)/t16-,17+/m0/s1. The molecule has 3 saturated heterocycles. The number of hydrogen-bond acceptors (Lipinski definition) is 6. The van der Waals surface area contributed by atoms with E-state index in [1.807, 2.05) is 4.90 Å². The summed E-state index contributed by atoms with van der Waals surface area (Å²) in [6.45, 7) is 4.50. The lowest BCUT2D eigenvalue weighted by atomic mass is 9.83. The molecule has 9 nitrogen and oxygen atoms in total. The molecule has 9 heteroatoms. The Morgan fingerprint density at radius 3 is 2.69 bits per heavy atom. The molecule has 3 amide bonds. The average molecular weight is 401 g/mol. The zero-order valence-corrected chi connectivity index (χ0v) is 16.6. The third-order valence-electron chi connectivity index (χ3n) is 6.15. The highest BCUT2D eigenvalue weighted by atomic mass is 16.3. The van der Waals surface area contributed by atoms with Gasteiger partial charge in [-0.25, -0.2) is 0 Å². The maximum absolute atomic E-state index is 13.0. The van der Waals surface area contributed by atoms with Gasteiger partial charge in [-0.05, 0) is 18.6 Å². The minimum absolute atomic E-state index is 0.00335. The number of piperazine rings is 1. The first-order valence-corrected chi connectivity index (χ1v) is 10.0. The maximum Gasteiger partial charge on any atom is 0.255 e. The molecule has 3 fully saturated rings. The fourth-order valence-corrected chi connectivity index (χ4v) is 4.86. The van der Waals surface area contributed by atoms with Crippen molar-refractivity contribution in [3.05, 3.63) is 30.1 Å². The normalized spacial score (nSPS) is 25.4. The highest BCUT2D eigenvalue weighted by Crippen LogP contribution is 2.39. The van der Waals surface area contributed by atoms with Crippen LogP contribution in [0.2, 0.25) is 0 Å². The summed E-state index contributed by atoms with van der Waals surface area (Å²) in [5.41, 5.74) is 0.235. The van der Waals surface area contributed by atoms with Gasteiger partial charge in [0.05, 0.1) is 17.2 Å². The molecule has 0 unspecified atom stereocenters. The second-order valence-electron chi connectivity index (χ2n) is 8.33. The average Bonchev–Trinajstić information content (AvgIpc) is 3.05. The van der Waals surface area contributed by atoms with Gasteiger partial charge in [0.15, 0.2) is 0 Å². The van der Waals surface area contributed by atoms with Crippen LogP contribution >= 0.6 is 0 Å². The number of aliphatic hydroxyl groups excluding tert-OH is 1. The van der Waals surface area contributed by atoms with Gasteiger partial charge < -0.3 is 20.2 Å². The molecule has 4 heterocycles. The van der Waals surface area contributed by atoms with E-state index in [9.17, 15) is 19.5 Å². The molecule has 156 valence electrons. The maximum atomic E-state index is 13.0. The Kier molecular flexibility index (Phi) is 5.26. The number of carbonyl (C=O) groups excluding carboxylic acids is 3. The van der Waals surface area contributed by atoms with Gasteiger partial charge in [0, 0.05) is 71.0 Å². The smallest absolute Gasteiger partial charge is 0.255 e. The fraction of sp³-hybridized carbons (Fsp3) is 0.600. The Morgan fingerprint density at radius 2 is 2.00 bits per heavy atom. The van der Waals surface area contributed by atoms with E-state index >= 15 is 0 Å². The van der Waals surface area contributed by atoms with E-state index in [4.69, 9.17) is 0 Å². The Bertz CT molecular complexity index is 795. The molecule has 0 bridgehead atoms. The third-order valence-corrected chi connectivity index (χ3v) is 6.15. The Morgan fingerprint density at radius 1 is 1.24 bits per heavy atom. The summed E-state index contributed by atoms with van der Waals surface area (Å²) >= 11 is 0. The zero-order chi connectivity index (χ0) is 20.6. The predicted octanol–water partition coefficient (Wildman–Crippen LogP) is -0.920. The van der Waals surface area contributed by atoms with Crippen molar-refractivity contribution in [1.29, 1.82) is 0 Å². The van der Waals surface area contributed by atoms with Gasteiger partial charge >= 0.3 is 0 Å². The Hall–Kier alpha value is -2.52. The van der Waals surface area contributed by atoms with E-state index in [1.165, 1.54) is 6.92 Å². The van der Waals surface area contributed by atoms with Crippen LogP contribution in [0.5, 0.6) is 0 Å². The van der Waals surface area contributed by atoms with Crippen LogP contribution in [0.25, 0.3) is 0 Å². The predicted molar refractivity (Wildman–Crippen MR) is 104 cm³/mol. The number of amides is 3. The molecule has 3 aliphatic heterocycles. The quantitative estimate of drug-likeness (QED) is 0.676. The summed E-state index contributed by atoms with van der Waals surface area (Å²) in [4.78, 5) is 46.4. The highest BCUT2D eigenvalue weighted by Gasteiger charge is 2.57. The number of rotatable bonds is 4. The van der Waals surface area contributed by atoms with Crippen molar-refractivity contribution in [3.8, 4) is 0 Å². The van der Waals surface area contributed by atoms with Gasteiger partial charge in [-0.15, -0.1) is 0 Å². The van der Waals surface area contributed by atoms with Gasteiger partial charge in [-0.1, -0.05) is 0 Å². The van der Waals surface area contributed by atoms with Crippen molar-refractivity contribution in [2.75, 3.05) is 39.3 Å². The zero-order valence-electron chi connectivity index (χ0n) is 16.6. The number of carbonyl (C=O) groups is 3.